The van der Waals surface area contributed by atoms with Crippen molar-refractivity contribution in [3.05, 3.63) is 39.2 Å². The summed E-state index contributed by atoms with van der Waals surface area (Å²) in [7, 11) is -2.02. The van der Waals surface area contributed by atoms with E-state index < -0.39 is 32.5 Å². The van der Waals surface area contributed by atoms with Gasteiger partial charge in [-0.25, -0.2) is 4.39 Å². The van der Waals surface area contributed by atoms with Gasteiger partial charge in [0.1, 0.15) is 5.82 Å². The molecule has 1 aromatic carbocycles. The van der Waals surface area contributed by atoms with Crippen LogP contribution in [0.4, 0.5) is 10.1 Å². The van der Waals surface area contributed by atoms with Crippen LogP contribution in [0.3, 0.4) is 0 Å². The number of hydrogen-bond donors (Lipinski definition) is 0. The van der Waals surface area contributed by atoms with Gasteiger partial charge in [-0.05, 0) is 25.8 Å². The molecule has 1 aromatic rings. The van der Waals surface area contributed by atoms with Crippen molar-refractivity contribution in [2.24, 2.45) is 0 Å². The highest BCUT2D eigenvalue weighted by Crippen LogP contribution is 2.26. The number of carbonyl (C=O) groups excluding carboxylic acids is 1. The largest absolute Gasteiger partial charge is 0.336 e. The smallest absolute Gasteiger partial charge is 0.282 e. The summed E-state index contributed by atoms with van der Waals surface area (Å²) >= 11 is 0. The molecule has 0 aromatic heterocycles. The number of nitro benzene ring substituents is 1. The van der Waals surface area contributed by atoms with Crippen LogP contribution in [-0.2, 0) is 10.2 Å². The zero-order valence-corrected chi connectivity index (χ0v) is 18.0. The van der Waals surface area contributed by atoms with Crippen molar-refractivity contribution in [2.75, 3.05) is 33.2 Å². The highest BCUT2D eigenvalue weighted by atomic mass is 32.2. The average Bonchev–Trinajstić information content (AvgIpc) is 2.75. The number of carbonyl (C=O) groups is 1. The molecule has 0 atom stereocenters. The summed E-state index contributed by atoms with van der Waals surface area (Å²) in [4.78, 5) is 24.5. The number of nitro groups is 1. The van der Waals surface area contributed by atoms with Crippen LogP contribution in [0.25, 0.3) is 0 Å². The topological polar surface area (TPSA) is 104 Å². The first kappa shape index (κ1) is 22.6. The number of rotatable bonds is 5. The first-order valence-electron chi connectivity index (χ1n) is 10.1. The van der Waals surface area contributed by atoms with E-state index in [9.17, 15) is 27.7 Å². The van der Waals surface area contributed by atoms with Crippen LogP contribution in [0.1, 0.15) is 48.0 Å². The number of halogens is 1. The Bertz CT molecular complexity index is 925. The molecule has 1 aliphatic carbocycles. The third-order valence-corrected chi connectivity index (χ3v) is 8.11. The van der Waals surface area contributed by atoms with Crippen molar-refractivity contribution >= 4 is 21.8 Å². The predicted octanol–water partition coefficient (Wildman–Crippen LogP) is 2.31. The molecule has 0 spiro atoms. The molecule has 3 rings (SSSR count). The fraction of sp³-hybridized carbons (Fsp3) is 0.632. The summed E-state index contributed by atoms with van der Waals surface area (Å²) in [6, 6.07) is 2.06. The zero-order valence-electron chi connectivity index (χ0n) is 17.2. The van der Waals surface area contributed by atoms with Gasteiger partial charge in [-0.3, -0.25) is 14.9 Å². The molecule has 0 radical (unpaired) electrons. The zero-order chi connectivity index (χ0) is 22.1. The summed E-state index contributed by atoms with van der Waals surface area (Å²) < 4.78 is 42.8. The highest BCUT2D eigenvalue weighted by Gasteiger charge is 2.35. The summed E-state index contributed by atoms with van der Waals surface area (Å²) in [5.41, 5.74) is -0.688. The van der Waals surface area contributed by atoms with E-state index in [1.54, 1.807) is 7.05 Å². The Morgan fingerprint density at radius 3 is 2.33 bits per heavy atom. The van der Waals surface area contributed by atoms with E-state index in [0.717, 1.165) is 44.2 Å². The summed E-state index contributed by atoms with van der Waals surface area (Å²) in [6.45, 7) is 1.82. The molecule has 11 heteroatoms. The Morgan fingerprint density at radius 1 is 1.17 bits per heavy atom. The Hall–Kier alpha value is -2.11. The Morgan fingerprint density at radius 2 is 1.77 bits per heavy atom. The molecule has 1 amide bonds. The number of benzene rings is 1. The van der Waals surface area contributed by atoms with Gasteiger partial charge in [0.15, 0.2) is 0 Å². The van der Waals surface area contributed by atoms with E-state index in [0.29, 0.717) is 0 Å². The molecule has 0 N–H and O–H groups in total. The Labute approximate surface area is 175 Å². The molecule has 1 saturated heterocycles. The van der Waals surface area contributed by atoms with Gasteiger partial charge in [0, 0.05) is 50.9 Å². The molecule has 0 bridgehead atoms. The minimum absolute atomic E-state index is 0.000468. The first-order valence-corrected chi connectivity index (χ1v) is 11.5. The number of piperazine rings is 1. The molecule has 2 fully saturated rings. The lowest BCUT2D eigenvalue weighted by molar-refractivity contribution is -0.385. The van der Waals surface area contributed by atoms with E-state index in [1.807, 2.05) is 0 Å². The third-order valence-electron chi connectivity index (χ3n) is 6.07. The predicted molar refractivity (Wildman–Crippen MR) is 109 cm³/mol. The van der Waals surface area contributed by atoms with Gasteiger partial charge in [0.05, 0.1) is 10.5 Å². The van der Waals surface area contributed by atoms with Crippen molar-refractivity contribution in [2.45, 2.75) is 45.1 Å². The normalized spacial score (nSPS) is 19.3. The minimum atomic E-state index is -3.63. The van der Waals surface area contributed by atoms with Gasteiger partial charge in [-0.1, -0.05) is 19.3 Å². The van der Waals surface area contributed by atoms with Crippen LogP contribution in [0.15, 0.2) is 12.1 Å². The monoisotopic (exact) mass is 442 g/mol. The fourth-order valence-electron chi connectivity index (χ4n) is 4.10. The second-order valence-corrected chi connectivity index (χ2v) is 9.85. The maximum atomic E-state index is 14.0. The summed E-state index contributed by atoms with van der Waals surface area (Å²) in [5, 5.41) is 11.1. The van der Waals surface area contributed by atoms with Crippen molar-refractivity contribution in [3.63, 3.8) is 0 Å². The quantitative estimate of drug-likeness (QED) is 0.514. The standard InChI is InChI=1S/C19H27FN4O5S/c1-14-17(20)12-15(13-18(14)24(26)27)19(25)22-8-10-23(11-9-22)30(28,29)21(2)16-6-4-3-5-7-16/h12-13,16H,3-11H2,1-2H3. The van der Waals surface area contributed by atoms with Gasteiger partial charge in [-0.2, -0.15) is 17.0 Å². The second kappa shape index (κ2) is 8.94. The van der Waals surface area contributed by atoms with Crippen molar-refractivity contribution < 1.29 is 22.5 Å². The van der Waals surface area contributed by atoms with Crippen LogP contribution < -0.4 is 0 Å². The van der Waals surface area contributed by atoms with Crippen molar-refractivity contribution in [1.82, 2.24) is 13.5 Å². The Balaban J connectivity index is 1.68. The van der Waals surface area contributed by atoms with Crippen molar-refractivity contribution in [1.29, 1.82) is 0 Å². The molecular weight excluding hydrogens is 415 g/mol. The molecule has 166 valence electrons. The second-order valence-electron chi connectivity index (χ2n) is 7.87. The van der Waals surface area contributed by atoms with E-state index in [4.69, 9.17) is 0 Å². The molecule has 1 saturated carbocycles. The SMILES string of the molecule is Cc1c(F)cc(C(=O)N2CCN(S(=O)(=O)N(C)C3CCCCC3)CC2)cc1[N+](=O)[O-]. The van der Waals surface area contributed by atoms with Crippen LogP contribution in [0.2, 0.25) is 0 Å². The fourth-order valence-corrected chi connectivity index (χ4v) is 5.67. The third kappa shape index (κ3) is 4.47. The van der Waals surface area contributed by atoms with E-state index in [1.165, 1.54) is 20.4 Å². The van der Waals surface area contributed by atoms with Gasteiger partial charge in [0.2, 0.25) is 0 Å². The van der Waals surface area contributed by atoms with Crippen LogP contribution in [-0.4, -0.2) is 72.0 Å². The lowest BCUT2D eigenvalue weighted by Crippen LogP contribution is -2.55. The maximum absolute atomic E-state index is 14.0. The number of nitrogens with zero attached hydrogens (tertiary/aromatic N) is 4. The number of hydrogen-bond acceptors (Lipinski definition) is 5. The molecule has 1 heterocycles. The minimum Gasteiger partial charge on any atom is -0.336 e. The number of amides is 1. The maximum Gasteiger partial charge on any atom is 0.282 e. The average molecular weight is 443 g/mol. The van der Waals surface area contributed by atoms with Gasteiger partial charge >= 0.3 is 0 Å². The molecule has 2 aliphatic rings. The summed E-state index contributed by atoms with van der Waals surface area (Å²) in [6.07, 6.45) is 4.87. The Kier molecular flexibility index (Phi) is 6.73. The lowest BCUT2D eigenvalue weighted by Gasteiger charge is -2.38. The van der Waals surface area contributed by atoms with E-state index in [2.05, 4.69) is 0 Å². The van der Waals surface area contributed by atoms with Gasteiger partial charge in [-0.15, -0.1) is 0 Å². The molecule has 30 heavy (non-hydrogen) atoms. The molecule has 0 unspecified atom stereocenters. The first-order chi connectivity index (χ1) is 14.1. The van der Waals surface area contributed by atoms with Crippen molar-refractivity contribution in [3.8, 4) is 0 Å². The summed E-state index contributed by atoms with van der Waals surface area (Å²) in [5.74, 6) is -1.36. The van der Waals surface area contributed by atoms with E-state index >= 15 is 0 Å². The van der Waals surface area contributed by atoms with Gasteiger partial charge < -0.3 is 4.90 Å². The van der Waals surface area contributed by atoms with Crippen LogP contribution in [0, 0.1) is 22.9 Å². The lowest BCUT2D eigenvalue weighted by atomic mass is 9.96. The highest BCUT2D eigenvalue weighted by molar-refractivity contribution is 7.86. The van der Waals surface area contributed by atoms with Crippen LogP contribution >= 0.6 is 0 Å². The molecular formula is C19H27FN4O5S. The van der Waals surface area contributed by atoms with Gasteiger partial charge in [0.25, 0.3) is 21.8 Å². The van der Waals surface area contributed by atoms with E-state index in [-0.39, 0.29) is 43.3 Å². The van der Waals surface area contributed by atoms with Crippen LogP contribution in [0.5, 0.6) is 0 Å². The molecule has 9 nitrogen and oxygen atoms in total. The molecule has 1 aliphatic heterocycles.